The SMILES string of the molecule is CCN1CCC(CN)(Nc2cccc(F)c2)CC1. The molecule has 1 aliphatic rings. The Labute approximate surface area is 108 Å². The van der Waals surface area contributed by atoms with Gasteiger partial charge >= 0.3 is 0 Å². The second kappa shape index (κ2) is 5.67. The van der Waals surface area contributed by atoms with Gasteiger partial charge in [0.2, 0.25) is 0 Å². The molecule has 0 aromatic heterocycles. The molecule has 1 aromatic carbocycles. The van der Waals surface area contributed by atoms with Crippen LogP contribution in [0.3, 0.4) is 0 Å². The van der Waals surface area contributed by atoms with E-state index in [0.29, 0.717) is 6.54 Å². The zero-order valence-electron chi connectivity index (χ0n) is 11.0. The molecule has 0 spiro atoms. The van der Waals surface area contributed by atoms with Crippen molar-refractivity contribution in [2.24, 2.45) is 5.73 Å². The summed E-state index contributed by atoms with van der Waals surface area (Å²) in [5.41, 5.74) is 6.68. The molecule has 0 radical (unpaired) electrons. The van der Waals surface area contributed by atoms with Gasteiger partial charge in [0.25, 0.3) is 0 Å². The zero-order chi connectivity index (χ0) is 13.0. The molecule has 2 rings (SSSR count). The molecule has 0 bridgehead atoms. The Morgan fingerprint density at radius 2 is 2.11 bits per heavy atom. The van der Waals surface area contributed by atoms with Crippen molar-refractivity contribution in [2.45, 2.75) is 25.3 Å². The van der Waals surface area contributed by atoms with Crippen LogP contribution in [0.15, 0.2) is 24.3 Å². The first-order valence-corrected chi connectivity index (χ1v) is 6.64. The summed E-state index contributed by atoms with van der Waals surface area (Å²) < 4.78 is 13.2. The smallest absolute Gasteiger partial charge is 0.125 e. The highest BCUT2D eigenvalue weighted by Crippen LogP contribution is 2.26. The van der Waals surface area contributed by atoms with Gasteiger partial charge in [0.05, 0.1) is 5.54 Å². The fourth-order valence-electron chi connectivity index (χ4n) is 2.55. The van der Waals surface area contributed by atoms with Crippen LogP contribution in [0, 0.1) is 5.82 Å². The molecule has 1 heterocycles. The summed E-state index contributed by atoms with van der Waals surface area (Å²) in [6.45, 7) is 5.95. The highest BCUT2D eigenvalue weighted by Gasteiger charge is 2.32. The minimum absolute atomic E-state index is 0.0839. The van der Waals surface area contributed by atoms with Gasteiger partial charge in [0.1, 0.15) is 5.82 Å². The van der Waals surface area contributed by atoms with Gasteiger partial charge in [0, 0.05) is 25.3 Å². The van der Waals surface area contributed by atoms with Crippen molar-refractivity contribution in [3.05, 3.63) is 30.1 Å². The van der Waals surface area contributed by atoms with E-state index >= 15 is 0 Å². The van der Waals surface area contributed by atoms with E-state index in [9.17, 15) is 4.39 Å². The number of nitrogens with one attached hydrogen (secondary N) is 1. The Morgan fingerprint density at radius 3 is 2.67 bits per heavy atom. The standard InChI is InChI=1S/C14H22FN3/c1-2-18-8-6-14(11-16,7-9-18)17-13-5-3-4-12(15)10-13/h3-5,10,17H,2,6-9,11,16H2,1H3. The van der Waals surface area contributed by atoms with Crippen LogP contribution in [-0.4, -0.2) is 36.6 Å². The van der Waals surface area contributed by atoms with E-state index in [-0.39, 0.29) is 11.4 Å². The summed E-state index contributed by atoms with van der Waals surface area (Å²) in [7, 11) is 0. The van der Waals surface area contributed by atoms with Crippen molar-refractivity contribution in [1.29, 1.82) is 0 Å². The topological polar surface area (TPSA) is 41.3 Å². The van der Waals surface area contributed by atoms with Crippen LogP contribution in [0.5, 0.6) is 0 Å². The van der Waals surface area contributed by atoms with Crippen LogP contribution in [0.25, 0.3) is 0 Å². The van der Waals surface area contributed by atoms with E-state index in [0.717, 1.165) is 38.2 Å². The van der Waals surface area contributed by atoms with Crippen LogP contribution in [-0.2, 0) is 0 Å². The molecule has 18 heavy (non-hydrogen) atoms. The number of nitrogens with two attached hydrogens (primary N) is 1. The van der Waals surface area contributed by atoms with Gasteiger partial charge in [-0.15, -0.1) is 0 Å². The summed E-state index contributed by atoms with van der Waals surface area (Å²) in [5, 5.41) is 3.44. The third kappa shape index (κ3) is 3.00. The minimum Gasteiger partial charge on any atom is -0.378 e. The summed E-state index contributed by atoms with van der Waals surface area (Å²) in [4.78, 5) is 2.42. The van der Waals surface area contributed by atoms with E-state index in [1.54, 1.807) is 6.07 Å². The number of nitrogens with zero attached hydrogens (tertiary/aromatic N) is 1. The molecule has 1 fully saturated rings. The van der Waals surface area contributed by atoms with Gasteiger partial charge in [-0.25, -0.2) is 4.39 Å². The fraction of sp³-hybridized carbons (Fsp3) is 0.571. The summed E-state index contributed by atoms with van der Waals surface area (Å²) in [6, 6.07) is 6.61. The second-order valence-corrected chi connectivity index (χ2v) is 5.05. The first kappa shape index (κ1) is 13.3. The van der Waals surface area contributed by atoms with Crippen LogP contribution in [0.4, 0.5) is 10.1 Å². The van der Waals surface area contributed by atoms with Gasteiger partial charge in [-0.3, -0.25) is 0 Å². The Morgan fingerprint density at radius 1 is 1.39 bits per heavy atom. The Hall–Kier alpha value is -1.13. The molecule has 0 unspecified atom stereocenters. The van der Waals surface area contributed by atoms with E-state index in [2.05, 4.69) is 17.1 Å². The van der Waals surface area contributed by atoms with Crippen molar-refractivity contribution in [3.63, 3.8) is 0 Å². The van der Waals surface area contributed by atoms with Crippen molar-refractivity contribution in [3.8, 4) is 0 Å². The molecular weight excluding hydrogens is 229 g/mol. The molecule has 3 nitrogen and oxygen atoms in total. The lowest BCUT2D eigenvalue weighted by atomic mass is 9.87. The Kier molecular flexibility index (Phi) is 4.19. The third-order valence-corrected chi connectivity index (χ3v) is 3.89. The number of benzene rings is 1. The molecule has 100 valence electrons. The predicted molar refractivity (Wildman–Crippen MR) is 73.2 cm³/mol. The molecular formula is C14H22FN3. The Bertz CT molecular complexity index is 386. The van der Waals surface area contributed by atoms with Crippen molar-refractivity contribution >= 4 is 5.69 Å². The Balaban J connectivity index is 2.05. The van der Waals surface area contributed by atoms with Gasteiger partial charge in [0.15, 0.2) is 0 Å². The maximum atomic E-state index is 13.2. The molecule has 0 saturated carbocycles. The monoisotopic (exact) mass is 251 g/mol. The van der Waals surface area contributed by atoms with Crippen LogP contribution in [0.1, 0.15) is 19.8 Å². The van der Waals surface area contributed by atoms with Crippen LogP contribution in [0.2, 0.25) is 0 Å². The van der Waals surface area contributed by atoms with E-state index in [4.69, 9.17) is 5.73 Å². The fourth-order valence-corrected chi connectivity index (χ4v) is 2.55. The zero-order valence-corrected chi connectivity index (χ0v) is 11.0. The van der Waals surface area contributed by atoms with E-state index in [1.165, 1.54) is 12.1 Å². The second-order valence-electron chi connectivity index (χ2n) is 5.05. The minimum atomic E-state index is -0.210. The van der Waals surface area contributed by atoms with Gasteiger partial charge in [-0.1, -0.05) is 13.0 Å². The highest BCUT2D eigenvalue weighted by molar-refractivity contribution is 5.46. The molecule has 4 heteroatoms. The summed E-state index contributed by atoms with van der Waals surface area (Å²) >= 11 is 0. The normalized spacial score (nSPS) is 19.7. The highest BCUT2D eigenvalue weighted by atomic mass is 19.1. The van der Waals surface area contributed by atoms with Gasteiger partial charge in [-0.2, -0.15) is 0 Å². The van der Waals surface area contributed by atoms with Crippen molar-refractivity contribution in [1.82, 2.24) is 4.90 Å². The van der Waals surface area contributed by atoms with Gasteiger partial charge in [-0.05, 0) is 37.6 Å². The molecule has 0 amide bonds. The molecule has 1 aromatic rings. The van der Waals surface area contributed by atoms with Crippen molar-refractivity contribution < 1.29 is 4.39 Å². The third-order valence-electron chi connectivity index (χ3n) is 3.89. The van der Waals surface area contributed by atoms with Gasteiger partial charge < -0.3 is 16.0 Å². The average Bonchev–Trinajstić information content (AvgIpc) is 2.39. The molecule has 1 saturated heterocycles. The maximum Gasteiger partial charge on any atom is 0.125 e. The lowest BCUT2D eigenvalue weighted by molar-refractivity contribution is 0.184. The maximum absolute atomic E-state index is 13.2. The number of halogens is 1. The number of likely N-dealkylation sites (tertiary alicyclic amines) is 1. The van der Waals surface area contributed by atoms with Crippen LogP contribution >= 0.6 is 0 Å². The quantitative estimate of drug-likeness (QED) is 0.860. The summed E-state index contributed by atoms with van der Waals surface area (Å²) in [5.74, 6) is -0.210. The molecule has 3 N–H and O–H groups in total. The molecule has 0 aliphatic carbocycles. The van der Waals surface area contributed by atoms with E-state index in [1.807, 2.05) is 6.07 Å². The van der Waals surface area contributed by atoms with Crippen molar-refractivity contribution in [2.75, 3.05) is 31.5 Å². The average molecular weight is 251 g/mol. The first-order chi connectivity index (χ1) is 8.67. The number of hydrogen-bond donors (Lipinski definition) is 2. The lowest BCUT2D eigenvalue weighted by Crippen LogP contribution is -2.53. The molecule has 0 atom stereocenters. The summed E-state index contributed by atoms with van der Waals surface area (Å²) in [6.07, 6.45) is 2.02. The number of piperidine rings is 1. The van der Waals surface area contributed by atoms with Crippen LogP contribution < -0.4 is 11.1 Å². The predicted octanol–water partition coefficient (Wildman–Crippen LogP) is 2.05. The molecule has 1 aliphatic heterocycles. The number of rotatable bonds is 4. The van der Waals surface area contributed by atoms with E-state index < -0.39 is 0 Å². The number of anilines is 1. The first-order valence-electron chi connectivity index (χ1n) is 6.64. The number of hydrogen-bond acceptors (Lipinski definition) is 3. The lowest BCUT2D eigenvalue weighted by Gasteiger charge is -2.42. The largest absolute Gasteiger partial charge is 0.378 e.